The third-order valence-corrected chi connectivity index (χ3v) is 4.21. The van der Waals surface area contributed by atoms with Crippen molar-refractivity contribution in [1.29, 1.82) is 0 Å². The number of nitrogens with one attached hydrogen (secondary N) is 1. The summed E-state index contributed by atoms with van der Waals surface area (Å²) >= 11 is 0. The maximum absolute atomic E-state index is 11.9. The summed E-state index contributed by atoms with van der Waals surface area (Å²) in [6.07, 6.45) is 4.67. The summed E-state index contributed by atoms with van der Waals surface area (Å²) in [7, 11) is 0. The first-order valence-electron chi connectivity index (χ1n) is 6.31. The Morgan fingerprint density at radius 3 is 2.47 bits per heavy atom. The van der Waals surface area contributed by atoms with Gasteiger partial charge in [-0.25, -0.2) is 0 Å². The topological polar surface area (TPSA) is 32.3 Å². The minimum absolute atomic E-state index is 0.413. The molecule has 1 saturated carbocycles. The summed E-state index contributed by atoms with van der Waals surface area (Å²) in [6.45, 7) is 4.27. The summed E-state index contributed by atoms with van der Waals surface area (Å²) in [4.78, 5) is 14.0. The van der Waals surface area contributed by atoms with Crippen LogP contribution in [0.1, 0.15) is 25.7 Å². The Morgan fingerprint density at radius 1 is 1.20 bits per heavy atom. The molecule has 0 aromatic rings. The largest absolute Gasteiger partial charge is 0.342 e. The standard InChI is InChI=1S/C12H20N2O/c15-12(4-3-9-1-2-9)14-7-10-5-13-6-11(10)8-14/h9-11,13H,1-8H2/t10-,11+. The van der Waals surface area contributed by atoms with Gasteiger partial charge in [-0.1, -0.05) is 12.8 Å². The fourth-order valence-electron chi connectivity index (χ4n) is 2.95. The molecule has 0 spiro atoms. The van der Waals surface area contributed by atoms with Crippen LogP contribution in [0.5, 0.6) is 0 Å². The molecule has 2 aliphatic heterocycles. The van der Waals surface area contributed by atoms with Gasteiger partial charge in [0.05, 0.1) is 0 Å². The second kappa shape index (κ2) is 3.78. The zero-order valence-corrected chi connectivity index (χ0v) is 9.24. The fraction of sp³-hybridized carbons (Fsp3) is 0.917. The number of hydrogen-bond acceptors (Lipinski definition) is 2. The molecule has 0 bridgehead atoms. The maximum Gasteiger partial charge on any atom is 0.222 e. The zero-order valence-electron chi connectivity index (χ0n) is 9.24. The molecule has 2 saturated heterocycles. The first-order valence-corrected chi connectivity index (χ1v) is 6.31. The van der Waals surface area contributed by atoms with Crippen molar-refractivity contribution in [2.24, 2.45) is 17.8 Å². The number of rotatable bonds is 3. The van der Waals surface area contributed by atoms with E-state index in [1.165, 1.54) is 12.8 Å². The molecule has 3 heteroatoms. The van der Waals surface area contributed by atoms with Crippen LogP contribution in [0.25, 0.3) is 0 Å². The molecule has 3 aliphatic rings. The lowest BCUT2D eigenvalue weighted by molar-refractivity contribution is -0.130. The van der Waals surface area contributed by atoms with Gasteiger partial charge in [-0.2, -0.15) is 0 Å². The lowest BCUT2D eigenvalue weighted by Crippen LogP contribution is -2.31. The molecule has 0 aromatic carbocycles. The lowest BCUT2D eigenvalue weighted by atomic mass is 10.0. The molecule has 1 amide bonds. The number of fused-ring (bicyclic) bond motifs is 1. The van der Waals surface area contributed by atoms with Gasteiger partial charge < -0.3 is 10.2 Å². The van der Waals surface area contributed by atoms with Crippen molar-refractivity contribution in [3.05, 3.63) is 0 Å². The van der Waals surface area contributed by atoms with Gasteiger partial charge >= 0.3 is 0 Å². The van der Waals surface area contributed by atoms with Gasteiger partial charge in [0.15, 0.2) is 0 Å². The summed E-state index contributed by atoms with van der Waals surface area (Å²) in [5.74, 6) is 2.79. The van der Waals surface area contributed by atoms with Crippen LogP contribution in [-0.2, 0) is 4.79 Å². The smallest absolute Gasteiger partial charge is 0.222 e. The van der Waals surface area contributed by atoms with E-state index in [4.69, 9.17) is 0 Å². The highest BCUT2D eigenvalue weighted by molar-refractivity contribution is 5.76. The van der Waals surface area contributed by atoms with Crippen LogP contribution < -0.4 is 5.32 Å². The Labute approximate surface area is 91.2 Å². The minimum atomic E-state index is 0.413. The van der Waals surface area contributed by atoms with Crippen molar-refractivity contribution in [3.63, 3.8) is 0 Å². The van der Waals surface area contributed by atoms with E-state index in [2.05, 4.69) is 10.2 Å². The molecule has 3 nitrogen and oxygen atoms in total. The van der Waals surface area contributed by atoms with Gasteiger partial charge in [-0.3, -0.25) is 4.79 Å². The van der Waals surface area contributed by atoms with Crippen molar-refractivity contribution in [3.8, 4) is 0 Å². The second-order valence-corrected chi connectivity index (χ2v) is 5.46. The Balaban J connectivity index is 1.48. The van der Waals surface area contributed by atoms with Crippen LogP contribution in [-0.4, -0.2) is 37.0 Å². The Hall–Kier alpha value is -0.570. The Morgan fingerprint density at radius 2 is 1.87 bits per heavy atom. The maximum atomic E-state index is 11.9. The molecule has 2 heterocycles. The lowest BCUT2D eigenvalue weighted by Gasteiger charge is -2.17. The number of likely N-dealkylation sites (tertiary alicyclic amines) is 1. The van der Waals surface area contributed by atoms with E-state index >= 15 is 0 Å². The van der Waals surface area contributed by atoms with Gasteiger partial charge in [-0.05, 0) is 24.2 Å². The van der Waals surface area contributed by atoms with E-state index in [1.54, 1.807) is 0 Å². The van der Waals surface area contributed by atoms with Gasteiger partial charge in [0.25, 0.3) is 0 Å². The third kappa shape index (κ3) is 2.03. The minimum Gasteiger partial charge on any atom is -0.342 e. The van der Waals surface area contributed by atoms with Crippen molar-refractivity contribution in [1.82, 2.24) is 10.2 Å². The fourth-order valence-corrected chi connectivity index (χ4v) is 2.95. The average Bonchev–Trinajstić information content (AvgIpc) is 2.79. The van der Waals surface area contributed by atoms with Crippen molar-refractivity contribution < 1.29 is 4.79 Å². The molecule has 0 radical (unpaired) electrons. The highest BCUT2D eigenvalue weighted by Gasteiger charge is 2.38. The Bertz CT molecular complexity index is 250. The molecule has 84 valence electrons. The molecule has 2 atom stereocenters. The average molecular weight is 208 g/mol. The number of nitrogens with zero attached hydrogens (tertiary/aromatic N) is 1. The predicted octanol–water partition coefficient (Wildman–Crippen LogP) is 0.854. The van der Waals surface area contributed by atoms with Crippen molar-refractivity contribution in [2.45, 2.75) is 25.7 Å². The van der Waals surface area contributed by atoms with E-state index in [0.717, 1.165) is 56.8 Å². The zero-order chi connectivity index (χ0) is 10.3. The highest BCUT2D eigenvalue weighted by Crippen LogP contribution is 2.34. The van der Waals surface area contributed by atoms with Crippen LogP contribution >= 0.6 is 0 Å². The van der Waals surface area contributed by atoms with Crippen LogP contribution in [0.4, 0.5) is 0 Å². The molecular formula is C12H20N2O. The predicted molar refractivity (Wildman–Crippen MR) is 58.4 cm³/mol. The van der Waals surface area contributed by atoms with E-state index in [0.29, 0.717) is 5.91 Å². The second-order valence-electron chi connectivity index (χ2n) is 5.46. The van der Waals surface area contributed by atoms with Gasteiger partial charge in [0, 0.05) is 32.6 Å². The molecule has 1 N–H and O–H groups in total. The third-order valence-electron chi connectivity index (χ3n) is 4.21. The van der Waals surface area contributed by atoms with Crippen LogP contribution in [0.3, 0.4) is 0 Å². The molecule has 0 unspecified atom stereocenters. The number of carbonyl (C=O) groups is 1. The van der Waals surface area contributed by atoms with E-state index < -0.39 is 0 Å². The molecule has 1 aliphatic carbocycles. The SMILES string of the molecule is O=C(CCC1CC1)N1C[C@H]2CNC[C@H]2C1. The molecule has 3 rings (SSSR count). The molecule has 15 heavy (non-hydrogen) atoms. The quantitative estimate of drug-likeness (QED) is 0.746. The normalized spacial score (nSPS) is 34.5. The number of carbonyl (C=O) groups excluding carboxylic acids is 1. The number of hydrogen-bond donors (Lipinski definition) is 1. The first kappa shape index (κ1) is 9.64. The highest BCUT2D eigenvalue weighted by atomic mass is 16.2. The van der Waals surface area contributed by atoms with Gasteiger partial charge in [-0.15, -0.1) is 0 Å². The van der Waals surface area contributed by atoms with Crippen LogP contribution in [0.15, 0.2) is 0 Å². The summed E-state index contributed by atoms with van der Waals surface area (Å²) in [5.41, 5.74) is 0. The number of amides is 1. The van der Waals surface area contributed by atoms with E-state index in [1.807, 2.05) is 0 Å². The summed E-state index contributed by atoms with van der Waals surface area (Å²) in [6, 6.07) is 0. The first-order chi connectivity index (χ1) is 7.33. The monoisotopic (exact) mass is 208 g/mol. The van der Waals surface area contributed by atoms with E-state index in [9.17, 15) is 4.79 Å². The van der Waals surface area contributed by atoms with Gasteiger partial charge in [0.2, 0.25) is 5.91 Å². The van der Waals surface area contributed by atoms with E-state index in [-0.39, 0.29) is 0 Å². The molecule has 0 aromatic heterocycles. The van der Waals surface area contributed by atoms with Crippen molar-refractivity contribution >= 4 is 5.91 Å². The molecular weight excluding hydrogens is 188 g/mol. The molecule has 3 fully saturated rings. The summed E-state index contributed by atoms with van der Waals surface area (Å²) in [5, 5.41) is 3.41. The van der Waals surface area contributed by atoms with Crippen LogP contribution in [0, 0.1) is 17.8 Å². The van der Waals surface area contributed by atoms with Gasteiger partial charge in [0.1, 0.15) is 0 Å². The van der Waals surface area contributed by atoms with Crippen LogP contribution in [0.2, 0.25) is 0 Å². The Kier molecular flexibility index (Phi) is 2.43. The summed E-state index contributed by atoms with van der Waals surface area (Å²) < 4.78 is 0. The van der Waals surface area contributed by atoms with Crippen molar-refractivity contribution in [2.75, 3.05) is 26.2 Å².